The van der Waals surface area contributed by atoms with Gasteiger partial charge in [0.25, 0.3) is 0 Å². The first-order chi connectivity index (χ1) is 7.58. The third-order valence-electron chi connectivity index (χ3n) is 2.16. The molecule has 0 atom stereocenters. The van der Waals surface area contributed by atoms with Crippen LogP contribution in [0.5, 0.6) is 0 Å². The van der Waals surface area contributed by atoms with Crippen LogP contribution < -0.4 is 0 Å². The monoisotopic (exact) mass is 280 g/mol. The fourth-order valence-corrected chi connectivity index (χ4v) is 1.84. The number of nitrogens with zero attached hydrogens (tertiary/aromatic N) is 2. The van der Waals surface area contributed by atoms with Gasteiger partial charge in [0, 0.05) is 10.2 Å². The fourth-order valence-electron chi connectivity index (χ4n) is 1.45. The van der Waals surface area contributed by atoms with Gasteiger partial charge in [0.15, 0.2) is 5.69 Å². The highest BCUT2D eigenvalue weighted by Crippen LogP contribution is 2.17. The molecule has 4 nitrogen and oxygen atoms in total. The van der Waals surface area contributed by atoms with Crippen LogP contribution in [0.15, 0.2) is 34.8 Å². The lowest BCUT2D eigenvalue weighted by molar-refractivity contribution is 0.0690. The number of carboxylic acids is 1. The van der Waals surface area contributed by atoms with E-state index in [0.717, 1.165) is 15.9 Å². The van der Waals surface area contributed by atoms with Crippen molar-refractivity contribution in [3.05, 3.63) is 46.2 Å². The van der Waals surface area contributed by atoms with Gasteiger partial charge in [-0.1, -0.05) is 22.0 Å². The van der Waals surface area contributed by atoms with E-state index in [-0.39, 0.29) is 5.69 Å². The molecule has 0 bridgehead atoms. The molecule has 2 rings (SSSR count). The molecule has 0 aliphatic heterocycles. The molecule has 1 aromatic heterocycles. The molecule has 1 N–H and O–H groups in total. The lowest BCUT2D eigenvalue weighted by Gasteiger charge is -2.03. The van der Waals surface area contributed by atoms with Crippen LogP contribution in [-0.2, 0) is 0 Å². The summed E-state index contributed by atoms with van der Waals surface area (Å²) >= 11 is 3.36. The molecule has 1 aromatic carbocycles. The Morgan fingerprint density at radius 1 is 1.44 bits per heavy atom. The molecule has 2 aromatic rings. The van der Waals surface area contributed by atoms with E-state index in [1.54, 1.807) is 10.7 Å². The number of aromatic carboxylic acids is 1. The highest BCUT2D eigenvalue weighted by molar-refractivity contribution is 9.10. The van der Waals surface area contributed by atoms with Crippen LogP contribution in [0.3, 0.4) is 0 Å². The second-order valence-corrected chi connectivity index (χ2v) is 4.28. The predicted molar refractivity (Wildman–Crippen MR) is 63.0 cm³/mol. The van der Waals surface area contributed by atoms with Crippen molar-refractivity contribution in [3.8, 4) is 5.69 Å². The topological polar surface area (TPSA) is 55.1 Å². The molecular weight excluding hydrogens is 272 g/mol. The molecule has 0 fully saturated rings. The average Bonchev–Trinajstić information content (AvgIpc) is 2.60. The minimum Gasteiger partial charge on any atom is -0.476 e. The Kier molecular flexibility index (Phi) is 2.78. The van der Waals surface area contributed by atoms with Crippen molar-refractivity contribution in [2.24, 2.45) is 0 Å². The van der Waals surface area contributed by atoms with Gasteiger partial charge in [-0.25, -0.2) is 9.48 Å². The lowest BCUT2D eigenvalue weighted by atomic mass is 10.3. The summed E-state index contributed by atoms with van der Waals surface area (Å²) in [5.41, 5.74) is 1.67. The van der Waals surface area contributed by atoms with E-state index < -0.39 is 5.97 Å². The zero-order valence-corrected chi connectivity index (χ0v) is 10.1. The van der Waals surface area contributed by atoms with Crippen molar-refractivity contribution in [1.29, 1.82) is 0 Å². The van der Waals surface area contributed by atoms with E-state index in [1.165, 1.54) is 0 Å². The standard InChI is InChI=1S/C11H9BrN2O2/c1-7-5-10(11(15)16)13-14(7)9-4-2-3-8(12)6-9/h2-6H,1H3,(H,15,16). The van der Waals surface area contributed by atoms with Gasteiger partial charge in [0.1, 0.15) is 0 Å². The Labute approximate surface area is 101 Å². The summed E-state index contributed by atoms with van der Waals surface area (Å²) in [6.45, 7) is 1.82. The number of halogens is 1. The van der Waals surface area contributed by atoms with E-state index in [2.05, 4.69) is 21.0 Å². The first-order valence-corrected chi connectivity index (χ1v) is 5.43. The number of hydrogen-bond donors (Lipinski definition) is 1. The number of aromatic nitrogens is 2. The van der Waals surface area contributed by atoms with Gasteiger partial charge in [-0.2, -0.15) is 5.10 Å². The number of aryl methyl sites for hydroxylation is 1. The summed E-state index contributed by atoms with van der Waals surface area (Å²) in [7, 11) is 0. The van der Waals surface area contributed by atoms with E-state index in [1.807, 2.05) is 31.2 Å². The van der Waals surface area contributed by atoms with Crippen LogP contribution in [0.1, 0.15) is 16.2 Å². The van der Waals surface area contributed by atoms with Crippen molar-refractivity contribution in [2.75, 3.05) is 0 Å². The minimum absolute atomic E-state index is 0.0532. The number of carbonyl (C=O) groups is 1. The summed E-state index contributed by atoms with van der Waals surface area (Å²) in [5, 5.41) is 12.9. The Morgan fingerprint density at radius 2 is 2.19 bits per heavy atom. The van der Waals surface area contributed by atoms with Crippen LogP contribution in [0.25, 0.3) is 5.69 Å². The van der Waals surface area contributed by atoms with Crippen LogP contribution in [0.2, 0.25) is 0 Å². The van der Waals surface area contributed by atoms with Gasteiger partial charge < -0.3 is 5.11 Å². The highest BCUT2D eigenvalue weighted by Gasteiger charge is 2.11. The summed E-state index contributed by atoms with van der Waals surface area (Å²) in [5.74, 6) is -1.02. The summed E-state index contributed by atoms with van der Waals surface area (Å²) in [4.78, 5) is 10.8. The molecule has 0 saturated carbocycles. The maximum atomic E-state index is 10.8. The average molecular weight is 281 g/mol. The van der Waals surface area contributed by atoms with Crippen LogP contribution >= 0.6 is 15.9 Å². The molecule has 82 valence electrons. The van der Waals surface area contributed by atoms with E-state index in [0.29, 0.717) is 0 Å². The highest BCUT2D eigenvalue weighted by atomic mass is 79.9. The molecular formula is C11H9BrN2O2. The first kappa shape index (κ1) is 10.9. The Balaban J connectivity index is 2.52. The van der Waals surface area contributed by atoms with Gasteiger partial charge in [-0.15, -0.1) is 0 Å². The third-order valence-corrected chi connectivity index (χ3v) is 2.65. The largest absolute Gasteiger partial charge is 0.476 e. The molecule has 0 radical (unpaired) electrons. The number of hydrogen-bond acceptors (Lipinski definition) is 2. The Hall–Kier alpha value is -1.62. The molecule has 0 unspecified atom stereocenters. The van der Waals surface area contributed by atoms with Gasteiger partial charge >= 0.3 is 5.97 Å². The van der Waals surface area contributed by atoms with Crippen LogP contribution in [0.4, 0.5) is 0 Å². The second-order valence-electron chi connectivity index (χ2n) is 3.37. The van der Waals surface area contributed by atoms with Crippen molar-refractivity contribution in [3.63, 3.8) is 0 Å². The smallest absolute Gasteiger partial charge is 0.356 e. The molecule has 1 heterocycles. The van der Waals surface area contributed by atoms with E-state index in [9.17, 15) is 4.79 Å². The predicted octanol–water partition coefficient (Wildman–Crippen LogP) is 2.64. The Bertz CT molecular complexity index is 549. The first-order valence-electron chi connectivity index (χ1n) is 4.64. The van der Waals surface area contributed by atoms with E-state index in [4.69, 9.17) is 5.11 Å². The second kappa shape index (κ2) is 4.09. The quantitative estimate of drug-likeness (QED) is 0.920. The van der Waals surface area contributed by atoms with Crippen molar-refractivity contribution < 1.29 is 9.90 Å². The normalized spacial score (nSPS) is 10.4. The van der Waals surface area contributed by atoms with Crippen molar-refractivity contribution in [1.82, 2.24) is 9.78 Å². The number of carboxylic acid groups (broad SMARTS) is 1. The fraction of sp³-hybridized carbons (Fsp3) is 0.0909. The SMILES string of the molecule is Cc1cc(C(=O)O)nn1-c1cccc(Br)c1. The van der Waals surface area contributed by atoms with Gasteiger partial charge in [0.2, 0.25) is 0 Å². The maximum absolute atomic E-state index is 10.8. The van der Waals surface area contributed by atoms with Crippen LogP contribution in [-0.4, -0.2) is 20.9 Å². The maximum Gasteiger partial charge on any atom is 0.356 e. The number of rotatable bonds is 2. The van der Waals surface area contributed by atoms with Crippen LogP contribution in [0, 0.1) is 6.92 Å². The zero-order chi connectivity index (χ0) is 11.7. The molecule has 0 aliphatic rings. The molecule has 0 spiro atoms. The molecule has 0 amide bonds. The molecule has 5 heteroatoms. The van der Waals surface area contributed by atoms with E-state index >= 15 is 0 Å². The van der Waals surface area contributed by atoms with Gasteiger partial charge in [0.05, 0.1) is 5.69 Å². The Morgan fingerprint density at radius 3 is 2.75 bits per heavy atom. The number of benzene rings is 1. The van der Waals surface area contributed by atoms with Crippen molar-refractivity contribution in [2.45, 2.75) is 6.92 Å². The third kappa shape index (κ3) is 1.99. The molecule has 0 saturated heterocycles. The lowest BCUT2D eigenvalue weighted by Crippen LogP contribution is -2.02. The minimum atomic E-state index is -1.02. The summed E-state index contributed by atoms with van der Waals surface area (Å²) < 4.78 is 2.53. The van der Waals surface area contributed by atoms with Crippen molar-refractivity contribution >= 4 is 21.9 Å². The molecule has 16 heavy (non-hydrogen) atoms. The van der Waals surface area contributed by atoms with Gasteiger partial charge in [-0.05, 0) is 31.2 Å². The molecule has 0 aliphatic carbocycles. The zero-order valence-electron chi connectivity index (χ0n) is 8.51. The summed E-state index contributed by atoms with van der Waals surface area (Å²) in [6, 6.07) is 9.08. The summed E-state index contributed by atoms with van der Waals surface area (Å²) in [6.07, 6.45) is 0. The van der Waals surface area contributed by atoms with Gasteiger partial charge in [-0.3, -0.25) is 0 Å².